The van der Waals surface area contributed by atoms with Gasteiger partial charge in [-0.2, -0.15) is 0 Å². The monoisotopic (exact) mass is 312 g/mol. The topological polar surface area (TPSA) is 68.9 Å². The second-order valence-electron chi connectivity index (χ2n) is 5.13. The van der Waals surface area contributed by atoms with Crippen LogP contribution in [0.15, 0.2) is 46.9 Å². The average molecular weight is 312 g/mol. The van der Waals surface area contributed by atoms with E-state index in [0.29, 0.717) is 28.9 Å². The summed E-state index contributed by atoms with van der Waals surface area (Å²) in [4.78, 5) is 11.2. The maximum Gasteiger partial charge on any atom is 0.372 e. The van der Waals surface area contributed by atoms with E-state index in [1.807, 2.05) is 24.3 Å². The second-order valence-corrected chi connectivity index (χ2v) is 5.13. The summed E-state index contributed by atoms with van der Waals surface area (Å²) < 4.78 is 16.5. The Kier molecular flexibility index (Phi) is 3.93. The van der Waals surface area contributed by atoms with Crippen molar-refractivity contribution in [1.82, 2.24) is 0 Å². The van der Waals surface area contributed by atoms with Gasteiger partial charge in [0.1, 0.15) is 23.7 Å². The molecule has 1 N–H and O–H groups in total. The lowest BCUT2D eigenvalue weighted by Gasteiger charge is -2.09. The van der Waals surface area contributed by atoms with Crippen molar-refractivity contribution in [3.63, 3.8) is 0 Å². The molecule has 1 aromatic heterocycles. The molecule has 0 aliphatic rings. The second kappa shape index (κ2) is 6.04. The fraction of sp³-hybridized carbons (Fsp3) is 0.167. The quantitative estimate of drug-likeness (QED) is 0.770. The van der Waals surface area contributed by atoms with Crippen molar-refractivity contribution in [2.75, 3.05) is 7.11 Å². The molecule has 0 unspecified atom stereocenters. The van der Waals surface area contributed by atoms with E-state index >= 15 is 0 Å². The highest BCUT2D eigenvalue weighted by atomic mass is 16.5. The van der Waals surface area contributed by atoms with Crippen molar-refractivity contribution in [2.24, 2.45) is 0 Å². The van der Waals surface area contributed by atoms with Crippen LogP contribution in [0, 0.1) is 6.92 Å². The molecule has 0 bridgehead atoms. The molecule has 0 atom stereocenters. The number of ether oxygens (including phenoxy) is 2. The first-order chi connectivity index (χ1) is 11.1. The summed E-state index contributed by atoms with van der Waals surface area (Å²) in [7, 11) is 1.61. The number of carbonyl (C=O) groups is 1. The number of methoxy groups -OCH3 is 1. The fourth-order valence-electron chi connectivity index (χ4n) is 2.51. The van der Waals surface area contributed by atoms with Gasteiger partial charge in [0.05, 0.1) is 12.5 Å². The Morgan fingerprint density at radius 2 is 2.00 bits per heavy atom. The van der Waals surface area contributed by atoms with Gasteiger partial charge in [0.2, 0.25) is 5.76 Å². The van der Waals surface area contributed by atoms with E-state index in [4.69, 9.17) is 13.9 Å². The molecule has 5 heteroatoms. The largest absolute Gasteiger partial charge is 0.497 e. The van der Waals surface area contributed by atoms with Crippen LogP contribution in [0.25, 0.3) is 11.0 Å². The Hall–Kier alpha value is -2.95. The molecule has 1 heterocycles. The number of rotatable bonds is 5. The van der Waals surface area contributed by atoms with E-state index in [1.54, 1.807) is 32.2 Å². The third kappa shape index (κ3) is 2.85. The molecule has 3 rings (SSSR count). The molecule has 0 saturated carbocycles. The summed E-state index contributed by atoms with van der Waals surface area (Å²) in [5.74, 6) is 0.214. The number of furan rings is 1. The third-order valence-electron chi connectivity index (χ3n) is 3.64. The van der Waals surface area contributed by atoms with Gasteiger partial charge in [-0.3, -0.25) is 0 Å². The van der Waals surface area contributed by atoms with Crippen LogP contribution in [0.2, 0.25) is 0 Å². The first-order valence-electron chi connectivity index (χ1n) is 7.11. The number of hydrogen-bond acceptors (Lipinski definition) is 4. The van der Waals surface area contributed by atoms with Crippen LogP contribution in [0.4, 0.5) is 0 Å². The molecule has 118 valence electrons. The minimum Gasteiger partial charge on any atom is -0.497 e. The van der Waals surface area contributed by atoms with E-state index in [1.165, 1.54) is 0 Å². The van der Waals surface area contributed by atoms with Crippen LogP contribution in [-0.2, 0) is 6.61 Å². The van der Waals surface area contributed by atoms with Gasteiger partial charge in [-0.15, -0.1) is 0 Å². The fourth-order valence-corrected chi connectivity index (χ4v) is 2.51. The van der Waals surface area contributed by atoms with Crippen LogP contribution >= 0.6 is 0 Å². The van der Waals surface area contributed by atoms with E-state index < -0.39 is 5.97 Å². The molecule has 0 aliphatic heterocycles. The molecule has 0 amide bonds. The number of hydrogen-bond donors (Lipinski definition) is 1. The highest BCUT2D eigenvalue weighted by molar-refractivity contribution is 5.97. The molecule has 0 aliphatic carbocycles. The van der Waals surface area contributed by atoms with Gasteiger partial charge in [0.15, 0.2) is 0 Å². The van der Waals surface area contributed by atoms with Gasteiger partial charge in [0, 0.05) is 5.56 Å². The van der Waals surface area contributed by atoms with E-state index in [9.17, 15) is 9.90 Å². The van der Waals surface area contributed by atoms with Gasteiger partial charge >= 0.3 is 5.97 Å². The van der Waals surface area contributed by atoms with Crippen LogP contribution in [-0.4, -0.2) is 18.2 Å². The Morgan fingerprint density at radius 1 is 1.22 bits per heavy atom. The normalized spacial score (nSPS) is 10.7. The number of carboxylic acids is 1. The van der Waals surface area contributed by atoms with E-state index in [0.717, 1.165) is 11.3 Å². The summed E-state index contributed by atoms with van der Waals surface area (Å²) in [6, 6.07) is 12.9. The first-order valence-corrected chi connectivity index (χ1v) is 7.11. The Labute approximate surface area is 133 Å². The number of fused-ring (bicyclic) bond motifs is 1. The first kappa shape index (κ1) is 15.0. The average Bonchev–Trinajstić information content (AvgIpc) is 2.91. The van der Waals surface area contributed by atoms with Gasteiger partial charge in [0.25, 0.3) is 0 Å². The molecule has 0 radical (unpaired) electrons. The minimum absolute atomic E-state index is 0.0579. The number of aromatic carboxylic acids is 1. The SMILES string of the molecule is COc1cccc(COc2cccc3oc(C(=O)O)c(C)c23)c1. The maximum atomic E-state index is 11.2. The number of aryl methyl sites for hydroxylation is 1. The van der Waals surface area contributed by atoms with E-state index in [2.05, 4.69) is 0 Å². The summed E-state index contributed by atoms with van der Waals surface area (Å²) >= 11 is 0. The van der Waals surface area contributed by atoms with Gasteiger partial charge in [-0.05, 0) is 36.8 Å². The summed E-state index contributed by atoms with van der Waals surface area (Å²) in [5.41, 5.74) is 2.03. The smallest absolute Gasteiger partial charge is 0.372 e. The molecule has 0 spiro atoms. The van der Waals surface area contributed by atoms with Gasteiger partial charge in [-0.25, -0.2) is 4.79 Å². The lowest BCUT2D eigenvalue weighted by molar-refractivity contribution is 0.0664. The van der Waals surface area contributed by atoms with Gasteiger partial charge in [-0.1, -0.05) is 18.2 Å². The lowest BCUT2D eigenvalue weighted by Crippen LogP contribution is -1.97. The lowest BCUT2D eigenvalue weighted by atomic mass is 10.1. The van der Waals surface area contributed by atoms with Gasteiger partial charge < -0.3 is 19.0 Å². The van der Waals surface area contributed by atoms with Crippen molar-refractivity contribution in [3.8, 4) is 11.5 Å². The zero-order chi connectivity index (χ0) is 16.4. The van der Waals surface area contributed by atoms with Crippen molar-refractivity contribution < 1.29 is 23.8 Å². The van der Waals surface area contributed by atoms with E-state index in [-0.39, 0.29) is 5.76 Å². The van der Waals surface area contributed by atoms with Crippen molar-refractivity contribution in [1.29, 1.82) is 0 Å². The van der Waals surface area contributed by atoms with Crippen molar-refractivity contribution in [3.05, 3.63) is 59.4 Å². The van der Waals surface area contributed by atoms with Crippen LogP contribution in [0.3, 0.4) is 0 Å². The minimum atomic E-state index is -1.09. The van der Waals surface area contributed by atoms with Crippen molar-refractivity contribution in [2.45, 2.75) is 13.5 Å². The predicted octanol–water partition coefficient (Wildman–Crippen LogP) is 4.03. The summed E-state index contributed by atoms with van der Waals surface area (Å²) in [5, 5.41) is 9.86. The number of carboxylic acid groups (broad SMARTS) is 1. The van der Waals surface area contributed by atoms with Crippen LogP contribution in [0.1, 0.15) is 21.7 Å². The molecular formula is C18H16O5. The molecule has 23 heavy (non-hydrogen) atoms. The summed E-state index contributed by atoms with van der Waals surface area (Å²) in [6.07, 6.45) is 0. The highest BCUT2D eigenvalue weighted by Crippen LogP contribution is 2.33. The van der Waals surface area contributed by atoms with Crippen LogP contribution in [0.5, 0.6) is 11.5 Å². The maximum absolute atomic E-state index is 11.2. The predicted molar refractivity (Wildman–Crippen MR) is 85.2 cm³/mol. The zero-order valence-electron chi connectivity index (χ0n) is 12.8. The Morgan fingerprint density at radius 3 is 2.74 bits per heavy atom. The third-order valence-corrected chi connectivity index (χ3v) is 3.64. The van der Waals surface area contributed by atoms with Crippen LogP contribution < -0.4 is 9.47 Å². The molecule has 3 aromatic rings. The highest BCUT2D eigenvalue weighted by Gasteiger charge is 2.19. The standard InChI is InChI=1S/C18H16O5/c1-11-16-14(7-4-8-15(16)23-17(11)18(19)20)22-10-12-5-3-6-13(9-12)21-2/h3-9H,10H2,1-2H3,(H,19,20). The Balaban J connectivity index is 1.92. The Bertz CT molecular complexity index is 863. The molecule has 0 fully saturated rings. The molecule has 5 nitrogen and oxygen atoms in total. The molecule has 2 aromatic carbocycles. The zero-order valence-corrected chi connectivity index (χ0v) is 12.8. The molecule has 0 saturated heterocycles. The molecular weight excluding hydrogens is 296 g/mol. The summed E-state index contributed by atoms with van der Waals surface area (Å²) in [6.45, 7) is 2.07. The number of benzene rings is 2. The van der Waals surface area contributed by atoms with Crippen molar-refractivity contribution >= 4 is 16.9 Å².